The molecule has 0 aliphatic heterocycles. The third-order valence-corrected chi connectivity index (χ3v) is 7.00. The molecule has 1 unspecified atom stereocenters. The lowest BCUT2D eigenvalue weighted by molar-refractivity contribution is -0.115. The number of carbonyl (C=O) groups excluding carboxylic acids is 1. The van der Waals surface area contributed by atoms with Crippen LogP contribution in [0.5, 0.6) is 0 Å². The van der Waals surface area contributed by atoms with Gasteiger partial charge in [-0.05, 0) is 54.4 Å². The van der Waals surface area contributed by atoms with E-state index in [1.807, 2.05) is 90.4 Å². The average Bonchev–Trinajstić information content (AvgIpc) is 3.56. The maximum absolute atomic E-state index is 13.5. The van der Waals surface area contributed by atoms with Crippen molar-refractivity contribution in [3.8, 4) is 17.3 Å². The number of aromatic nitrogens is 3. The summed E-state index contributed by atoms with van der Waals surface area (Å²) in [5, 5.41) is 12.4. The summed E-state index contributed by atoms with van der Waals surface area (Å²) < 4.78 is 7.51. The van der Waals surface area contributed by atoms with Crippen LogP contribution in [0, 0.1) is 6.92 Å². The zero-order valence-electron chi connectivity index (χ0n) is 18.8. The van der Waals surface area contributed by atoms with Crippen LogP contribution in [0.4, 0.5) is 5.69 Å². The van der Waals surface area contributed by atoms with Gasteiger partial charge in [-0.15, -0.1) is 10.2 Å². The molecular weight excluding hydrogens is 480 g/mol. The van der Waals surface area contributed by atoms with Crippen molar-refractivity contribution >= 4 is 35.0 Å². The highest BCUT2D eigenvalue weighted by Crippen LogP contribution is 2.38. The van der Waals surface area contributed by atoms with Crippen LogP contribution in [0.15, 0.2) is 107 Å². The Kier molecular flexibility index (Phi) is 6.70. The van der Waals surface area contributed by atoms with E-state index < -0.39 is 5.25 Å². The normalized spacial score (nSPS) is 11.8. The number of carbonyl (C=O) groups is 1. The molecule has 174 valence electrons. The first-order valence-corrected chi connectivity index (χ1v) is 12.2. The number of hydrogen-bond donors (Lipinski definition) is 1. The zero-order chi connectivity index (χ0) is 24.2. The summed E-state index contributed by atoms with van der Waals surface area (Å²) in [5.41, 5.74) is 3.28. The minimum atomic E-state index is -0.590. The van der Waals surface area contributed by atoms with Gasteiger partial charge in [-0.3, -0.25) is 9.36 Å². The van der Waals surface area contributed by atoms with Crippen molar-refractivity contribution in [2.45, 2.75) is 17.3 Å². The molecule has 0 saturated heterocycles. The van der Waals surface area contributed by atoms with Gasteiger partial charge in [0.1, 0.15) is 5.25 Å². The summed E-state index contributed by atoms with van der Waals surface area (Å²) in [7, 11) is 0. The van der Waals surface area contributed by atoms with Crippen LogP contribution in [-0.4, -0.2) is 20.7 Å². The Morgan fingerprint density at radius 3 is 2.40 bits per heavy atom. The Morgan fingerprint density at radius 2 is 1.71 bits per heavy atom. The number of thioether (sulfide) groups is 1. The number of nitrogens with zero attached hydrogens (tertiary/aromatic N) is 3. The Bertz CT molecular complexity index is 1440. The molecule has 0 bridgehead atoms. The minimum absolute atomic E-state index is 0.191. The quantitative estimate of drug-likeness (QED) is 0.244. The second kappa shape index (κ2) is 10.2. The van der Waals surface area contributed by atoms with Crippen molar-refractivity contribution in [1.29, 1.82) is 0 Å². The Morgan fingerprint density at radius 1 is 0.971 bits per heavy atom. The smallest absolute Gasteiger partial charge is 0.242 e. The molecule has 5 aromatic rings. The van der Waals surface area contributed by atoms with E-state index in [0.717, 1.165) is 16.8 Å². The van der Waals surface area contributed by atoms with Gasteiger partial charge in [0.15, 0.2) is 10.9 Å². The average molecular weight is 501 g/mol. The SMILES string of the molecule is Cc1ccc(NC(=O)C(Sc2nnc(-c3ccco3)n2-c2ccccc2)c2ccccc2)cc1Cl. The second-order valence-corrected chi connectivity index (χ2v) is 9.30. The number of halogens is 1. The van der Waals surface area contributed by atoms with Gasteiger partial charge in [0.25, 0.3) is 0 Å². The number of furan rings is 1. The van der Waals surface area contributed by atoms with E-state index >= 15 is 0 Å². The number of aryl methyl sites for hydroxylation is 1. The molecule has 6 nitrogen and oxygen atoms in total. The van der Waals surface area contributed by atoms with Gasteiger partial charge >= 0.3 is 0 Å². The maximum Gasteiger partial charge on any atom is 0.242 e. The summed E-state index contributed by atoms with van der Waals surface area (Å²) in [6.45, 7) is 1.92. The fraction of sp³-hybridized carbons (Fsp3) is 0.0741. The first-order valence-electron chi connectivity index (χ1n) is 10.9. The molecule has 3 aromatic carbocycles. The molecule has 0 spiro atoms. The van der Waals surface area contributed by atoms with Crippen LogP contribution in [0.1, 0.15) is 16.4 Å². The number of anilines is 1. The van der Waals surface area contributed by atoms with Crippen LogP contribution < -0.4 is 5.32 Å². The van der Waals surface area contributed by atoms with Crippen molar-refractivity contribution in [2.75, 3.05) is 5.32 Å². The van der Waals surface area contributed by atoms with Crippen LogP contribution in [0.25, 0.3) is 17.3 Å². The van der Waals surface area contributed by atoms with Crippen molar-refractivity contribution in [2.24, 2.45) is 0 Å². The van der Waals surface area contributed by atoms with E-state index in [0.29, 0.717) is 27.5 Å². The second-order valence-electron chi connectivity index (χ2n) is 7.82. The Labute approximate surface area is 212 Å². The molecule has 0 aliphatic carbocycles. The molecule has 1 amide bonds. The topological polar surface area (TPSA) is 73.0 Å². The lowest BCUT2D eigenvalue weighted by atomic mass is 10.1. The van der Waals surface area contributed by atoms with Gasteiger partial charge < -0.3 is 9.73 Å². The largest absolute Gasteiger partial charge is 0.461 e. The Balaban J connectivity index is 1.54. The van der Waals surface area contributed by atoms with Crippen molar-refractivity contribution in [3.05, 3.63) is 113 Å². The van der Waals surface area contributed by atoms with Crippen LogP contribution in [0.2, 0.25) is 5.02 Å². The van der Waals surface area contributed by atoms with Crippen LogP contribution >= 0.6 is 23.4 Å². The van der Waals surface area contributed by atoms with Crippen LogP contribution in [0.3, 0.4) is 0 Å². The number of rotatable bonds is 7. The van der Waals surface area contributed by atoms with E-state index in [-0.39, 0.29) is 5.91 Å². The summed E-state index contributed by atoms with van der Waals surface area (Å²) >= 11 is 7.60. The molecule has 0 fully saturated rings. The summed E-state index contributed by atoms with van der Waals surface area (Å²) in [4.78, 5) is 13.5. The van der Waals surface area contributed by atoms with E-state index in [4.69, 9.17) is 16.0 Å². The molecule has 35 heavy (non-hydrogen) atoms. The predicted octanol–water partition coefficient (Wildman–Crippen LogP) is 6.96. The summed E-state index contributed by atoms with van der Waals surface area (Å²) in [6.07, 6.45) is 1.60. The zero-order valence-corrected chi connectivity index (χ0v) is 20.3. The number of nitrogens with one attached hydrogen (secondary N) is 1. The van der Waals surface area contributed by atoms with E-state index in [9.17, 15) is 4.79 Å². The molecule has 0 saturated carbocycles. The lowest BCUT2D eigenvalue weighted by Crippen LogP contribution is -2.19. The molecule has 8 heteroatoms. The molecule has 5 rings (SSSR count). The molecule has 2 aromatic heterocycles. The van der Waals surface area contributed by atoms with Crippen LogP contribution in [-0.2, 0) is 4.79 Å². The highest BCUT2D eigenvalue weighted by Gasteiger charge is 2.27. The highest BCUT2D eigenvalue weighted by molar-refractivity contribution is 8.00. The standard InChI is InChI=1S/C27H21ClN4O2S/c1-18-14-15-20(17-22(18)28)29-26(33)24(19-9-4-2-5-10-19)35-27-31-30-25(23-13-8-16-34-23)32(27)21-11-6-3-7-12-21/h2-17,24H,1H3,(H,29,33). The van der Waals surface area contributed by atoms with Gasteiger partial charge in [-0.25, -0.2) is 0 Å². The molecule has 0 radical (unpaired) electrons. The molecule has 2 heterocycles. The molecule has 1 N–H and O–H groups in total. The summed E-state index contributed by atoms with van der Waals surface area (Å²) in [5.74, 6) is 0.952. The summed E-state index contributed by atoms with van der Waals surface area (Å²) in [6, 6.07) is 28.5. The lowest BCUT2D eigenvalue weighted by Gasteiger charge is -2.18. The Hall–Kier alpha value is -3.81. The van der Waals surface area contributed by atoms with Crippen molar-refractivity contribution < 1.29 is 9.21 Å². The van der Waals surface area contributed by atoms with Crippen molar-refractivity contribution in [1.82, 2.24) is 14.8 Å². The molecule has 0 aliphatic rings. The maximum atomic E-state index is 13.5. The van der Waals surface area contributed by atoms with E-state index in [2.05, 4.69) is 15.5 Å². The third kappa shape index (κ3) is 5.01. The molecule has 1 atom stereocenters. The van der Waals surface area contributed by atoms with Gasteiger partial charge in [0.05, 0.1) is 6.26 Å². The van der Waals surface area contributed by atoms with Gasteiger partial charge in [0.2, 0.25) is 11.7 Å². The monoisotopic (exact) mass is 500 g/mol. The highest BCUT2D eigenvalue weighted by atomic mass is 35.5. The number of amides is 1. The van der Waals surface area contributed by atoms with Crippen molar-refractivity contribution in [3.63, 3.8) is 0 Å². The number of benzene rings is 3. The first-order chi connectivity index (χ1) is 17.1. The predicted molar refractivity (Wildman–Crippen MR) is 139 cm³/mol. The van der Waals surface area contributed by atoms with Gasteiger partial charge in [-0.1, -0.05) is 78.0 Å². The number of para-hydroxylation sites is 1. The van der Waals surface area contributed by atoms with E-state index in [1.165, 1.54) is 11.8 Å². The first kappa shape index (κ1) is 23.0. The van der Waals surface area contributed by atoms with E-state index in [1.54, 1.807) is 18.4 Å². The number of hydrogen-bond acceptors (Lipinski definition) is 5. The fourth-order valence-electron chi connectivity index (χ4n) is 3.61. The molecular formula is C27H21ClN4O2S. The minimum Gasteiger partial charge on any atom is -0.461 e. The third-order valence-electron chi connectivity index (χ3n) is 5.39. The fourth-order valence-corrected chi connectivity index (χ4v) is 4.84. The van der Waals surface area contributed by atoms with Gasteiger partial charge in [-0.2, -0.15) is 0 Å². The van der Waals surface area contributed by atoms with Gasteiger partial charge in [0, 0.05) is 16.4 Å².